The van der Waals surface area contributed by atoms with E-state index in [1.54, 1.807) is 12.1 Å². The van der Waals surface area contributed by atoms with Crippen molar-refractivity contribution in [1.82, 2.24) is 0 Å². The number of rotatable bonds is 10. The molecule has 0 saturated carbocycles. The third-order valence-corrected chi connectivity index (χ3v) is 6.56. The zero-order chi connectivity index (χ0) is 28.2. The Morgan fingerprint density at radius 3 is 2.18 bits per heavy atom. The molecule has 2 aliphatic heterocycles. The van der Waals surface area contributed by atoms with Crippen LogP contribution >= 0.6 is 0 Å². The first-order valence-corrected chi connectivity index (χ1v) is 12.3. The average molecular weight is 553 g/mol. The van der Waals surface area contributed by atoms with E-state index in [1.165, 1.54) is 36.4 Å². The van der Waals surface area contributed by atoms with Gasteiger partial charge >= 0.3 is 5.97 Å². The third kappa shape index (κ3) is 7.03. The number of aromatic hydroxyl groups is 2. The zero-order valence-electron chi connectivity index (χ0n) is 20.8. The van der Waals surface area contributed by atoms with E-state index in [1.807, 2.05) is 0 Å². The predicted octanol–water partition coefficient (Wildman–Crippen LogP) is -1.21. The summed E-state index contributed by atoms with van der Waals surface area (Å²) in [5, 5.41) is 70.8. The van der Waals surface area contributed by atoms with Crippen molar-refractivity contribution in [2.24, 2.45) is 0 Å². The van der Waals surface area contributed by atoms with Gasteiger partial charge in [0.05, 0.1) is 25.4 Å². The molecule has 7 N–H and O–H groups in total. The normalized spacial score (nSPS) is 32.7. The summed E-state index contributed by atoms with van der Waals surface area (Å²) in [6, 6.07) is 11.7. The van der Waals surface area contributed by atoms with Crippen molar-refractivity contribution in [2.75, 3.05) is 26.4 Å². The number of aliphatic hydroxyl groups is 5. The summed E-state index contributed by atoms with van der Waals surface area (Å²) in [5.74, 6) is -0.705. The van der Waals surface area contributed by atoms with Crippen molar-refractivity contribution in [3.05, 3.63) is 59.7 Å². The van der Waals surface area contributed by atoms with E-state index < -0.39 is 74.5 Å². The van der Waals surface area contributed by atoms with Crippen LogP contribution in [0.5, 0.6) is 11.5 Å². The fraction of sp³-hybridized carbons (Fsp3) is 0.500. The van der Waals surface area contributed by atoms with Crippen LogP contribution in [0.2, 0.25) is 0 Å². The first kappa shape index (κ1) is 29.1. The summed E-state index contributed by atoms with van der Waals surface area (Å²) in [7, 11) is 0. The number of aliphatic hydroxyl groups excluding tert-OH is 4. The van der Waals surface area contributed by atoms with Gasteiger partial charge in [-0.2, -0.15) is 0 Å². The highest BCUT2D eigenvalue weighted by molar-refractivity contribution is 5.89. The van der Waals surface area contributed by atoms with Crippen LogP contribution in [0.15, 0.2) is 48.5 Å². The van der Waals surface area contributed by atoms with E-state index in [9.17, 15) is 40.5 Å². The van der Waals surface area contributed by atoms with Crippen LogP contribution in [0.1, 0.15) is 15.9 Å². The van der Waals surface area contributed by atoms with Crippen LogP contribution in [0.25, 0.3) is 0 Å². The minimum absolute atomic E-state index is 0.0363. The molecule has 2 aromatic rings. The smallest absolute Gasteiger partial charge is 0.338 e. The maximum absolute atomic E-state index is 12.2. The average Bonchev–Trinajstić information content (AvgIpc) is 3.21. The first-order chi connectivity index (χ1) is 18.6. The molecule has 2 aliphatic rings. The van der Waals surface area contributed by atoms with Crippen molar-refractivity contribution in [3.63, 3.8) is 0 Å². The molecule has 13 heteroatoms. The molecule has 0 aliphatic carbocycles. The van der Waals surface area contributed by atoms with Crippen LogP contribution in [0.3, 0.4) is 0 Å². The molecule has 13 nitrogen and oxygen atoms in total. The molecule has 0 aromatic heterocycles. The Labute approximate surface area is 223 Å². The van der Waals surface area contributed by atoms with Gasteiger partial charge in [0.25, 0.3) is 0 Å². The highest BCUT2D eigenvalue weighted by atomic mass is 16.7. The Bertz CT molecular complexity index is 1080. The second-order valence-corrected chi connectivity index (χ2v) is 9.49. The lowest BCUT2D eigenvalue weighted by Gasteiger charge is -2.40. The number of hydrogen-bond donors (Lipinski definition) is 7. The molecule has 0 bridgehead atoms. The Morgan fingerprint density at radius 2 is 1.51 bits per heavy atom. The maximum atomic E-state index is 12.2. The number of benzene rings is 2. The molecule has 8 atom stereocenters. The number of ether oxygens (including phenoxy) is 5. The van der Waals surface area contributed by atoms with Gasteiger partial charge in [0, 0.05) is 0 Å². The van der Waals surface area contributed by atoms with Crippen LogP contribution in [-0.4, -0.2) is 117 Å². The Kier molecular flexibility index (Phi) is 9.38. The predicted molar refractivity (Wildman–Crippen MR) is 129 cm³/mol. The molecule has 0 radical (unpaired) electrons. The second-order valence-electron chi connectivity index (χ2n) is 9.49. The standard InChI is InChI=1S/C26H32O13/c27-16-5-1-14(2-6-16)9-10-35-24-21(31)20(30)19(29)18(39-24)11-36-25-22(32)26(34,13-38-25)12-37-23(33)15-3-7-17(28)8-4-15/h1-8,18-22,24-25,27-32,34H,9-13H2/t18-,19-,20+,21-,22+,24-,25-,26-/m1/s1. The SMILES string of the molecule is O=C(OC[C@@]1(O)CO[C@@H](OC[C@H]2O[C@@H](OCCc3ccc(O)cc3)[C@H](O)[C@@H](O)[C@@H]2O)[C@@H]1O)c1ccc(O)cc1. The summed E-state index contributed by atoms with van der Waals surface area (Å²) >= 11 is 0. The van der Waals surface area contributed by atoms with Crippen LogP contribution in [-0.2, 0) is 30.1 Å². The van der Waals surface area contributed by atoms with E-state index in [-0.39, 0.29) is 23.7 Å². The molecule has 2 aromatic carbocycles. The van der Waals surface area contributed by atoms with E-state index in [2.05, 4.69) is 0 Å². The van der Waals surface area contributed by atoms with Crippen LogP contribution in [0.4, 0.5) is 0 Å². The van der Waals surface area contributed by atoms with Crippen molar-refractivity contribution >= 4 is 5.97 Å². The summed E-state index contributed by atoms with van der Waals surface area (Å²) < 4.78 is 27.0. The van der Waals surface area contributed by atoms with Gasteiger partial charge in [-0.3, -0.25) is 0 Å². The maximum Gasteiger partial charge on any atom is 0.338 e. The van der Waals surface area contributed by atoms with Gasteiger partial charge in [-0.05, 0) is 48.4 Å². The van der Waals surface area contributed by atoms with Gasteiger partial charge in [-0.25, -0.2) is 4.79 Å². The molecular weight excluding hydrogens is 520 g/mol. The molecule has 2 heterocycles. The van der Waals surface area contributed by atoms with Gasteiger partial charge in [0.15, 0.2) is 18.2 Å². The quantitative estimate of drug-likeness (QED) is 0.173. The van der Waals surface area contributed by atoms with Crippen molar-refractivity contribution in [1.29, 1.82) is 0 Å². The van der Waals surface area contributed by atoms with Gasteiger partial charge in [0.1, 0.15) is 48.6 Å². The van der Waals surface area contributed by atoms with E-state index in [0.29, 0.717) is 6.42 Å². The number of carbonyl (C=O) groups excluding carboxylic acids is 1. The van der Waals surface area contributed by atoms with Gasteiger partial charge in [0.2, 0.25) is 0 Å². The minimum atomic E-state index is -1.99. The van der Waals surface area contributed by atoms with Crippen molar-refractivity contribution in [3.8, 4) is 11.5 Å². The lowest BCUT2D eigenvalue weighted by molar-refractivity contribution is -0.309. The van der Waals surface area contributed by atoms with Crippen LogP contribution in [0, 0.1) is 0 Å². The largest absolute Gasteiger partial charge is 0.508 e. The lowest BCUT2D eigenvalue weighted by atomic mass is 9.99. The Balaban J connectivity index is 1.26. The van der Waals surface area contributed by atoms with E-state index in [0.717, 1.165) is 5.56 Å². The zero-order valence-corrected chi connectivity index (χ0v) is 20.8. The number of phenols is 2. The Hall–Kier alpha value is -2.85. The molecule has 0 spiro atoms. The lowest BCUT2D eigenvalue weighted by Crippen LogP contribution is -2.59. The number of hydrogen-bond acceptors (Lipinski definition) is 13. The molecule has 0 amide bonds. The number of phenolic OH excluding ortho intramolecular Hbond substituents is 2. The first-order valence-electron chi connectivity index (χ1n) is 12.3. The molecule has 214 valence electrons. The summed E-state index contributed by atoms with van der Waals surface area (Å²) in [6.07, 6.45) is -9.78. The van der Waals surface area contributed by atoms with Gasteiger partial charge in [-0.1, -0.05) is 12.1 Å². The van der Waals surface area contributed by atoms with Gasteiger partial charge < -0.3 is 59.4 Å². The molecule has 4 rings (SSSR count). The topological polar surface area (TPSA) is 205 Å². The molecule has 0 unspecified atom stereocenters. The number of esters is 1. The Morgan fingerprint density at radius 1 is 0.872 bits per heavy atom. The monoisotopic (exact) mass is 552 g/mol. The summed E-state index contributed by atoms with van der Waals surface area (Å²) in [5.41, 5.74) is -1.01. The van der Waals surface area contributed by atoms with Gasteiger partial charge in [-0.15, -0.1) is 0 Å². The minimum Gasteiger partial charge on any atom is -0.508 e. The summed E-state index contributed by atoms with van der Waals surface area (Å²) in [6.45, 7) is -1.35. The van der Waals surface area contributed by atoms with E-state index in [4.69, 9.17) is 23.7 Å². The summed E-state index contributed by atoms with van der Waals surface area (Å²) in [4.78, 5) is 12.2. The third-order valence-electron chi connectivity index (χ3n) is 6.56. The van der Waals surface area contributed by atoms with Crippen molar-refractivity contribution in [2.45, 2.75) is 55.1 Å². The molecule has 39 heavy (non-hydrogen) atoms. The molecule has 2 fully saturated rings. The second kappa shape index (κ2) is 12.6. The fourth-order valence-electron chi connectivity index (χ4n) is 4.13. The van der Waals surface area contributed by atoms with E-state index >= 15 is 0 Å². The molecule has 2 saturated heterocycles. The number of carbonyl (C=O) groups is 1. The highest BCUT2D eigenvalue weighted by Crippen LogP contribution is 2.29. The fourth-order valence-corrected chi connectivity index (χ4v) is 4.13. The molecular formula is C26H32O13. The highest BCUT2D eigenvalue weighted by Gasteiger charge is 2.51. The van der Waals surface area contributed by atoms with Crippen molar-refractivity contribution < 1.29 is 64.2 Å². The van der Waals surface area contributed by atoms with Crippen LogP contribution < -0.4 is 0 Å².